The lowest BCUT2D eigenvalue weighted by molar-refractivity contribution is -0.384. The highest BCUT2D eigenvalue weighted by atomic mass is 35.5. The molecule has 5 heteroatoms. The molecule has 0 aliphatic carbocycles. The Labute approximate surface area is 118 Å². The molecule has 104 valence electrons. The highest BCUT2D eigenvalue weighted by Gasteiger charge is 2.31. The Hall–Kier alpha value is -1.29. The molecular formula is C14H19ClN2O2. The number of nitro groups is 1. The molecule has 1 aromatic rings. The lowest BCUT2D eigenvalue weighted by atomic mass is 9.78. The van der Waals surface area contributed by atoms with E-state index in [4.69, 9.17) is 11.6 Å². The Bertz CT molecular complexity index is 482. The molecule has 2 rings (SSSR count). The van der Waals surface area contributed by atoms with E-state index < -0.39 is 0 Å². The number of hydrogen-bond acceptors (Lipinski definition) is 3. The summed E-state index contributed by atoms with van der Waals surface area (Å²) in [6.45, 7) is 6.14. The number of anilines is 1. The van der Waals surface area contributed by atoms with Gasteiger partial charge < -0.3 is 4.90 Å². The van der Waals surface area contributed by atoms with E-state index >= 15 is 0 Å². The van der Waals surface area contributed by atoms with Crippen LogP contribution in [0.15, 0.2) is 18.2 Å². The second-order valence-electron chi connectivity index (χ2n) is 5.52. The van der Waals surface area contributed by atoms with Gasteiger partial charge in [-0.15, -0.1) is 0 Å². The average molecular weight is 283 g/mol. The maximum absolute atomic E-state index is 11.1. The summed E-state index contributed by atoms with van der Waals surface area (Å²) in [6, 6.07) is 4.87. The lowest BCUT2D eigenvalue weighted by Crippen LogP contribution is -2.38. The Morgan fingerprint density at radius 1 is 1.42 bits per heavy atom. The van der Waals surface area contributed by atoms with Crippen LogP contribution in [-0.4, -0.2) is 18.0 Å². The third kappa shape index (κ3) is 2.84. The third-order valence-electron chi connectivity index (χ3n) is 4.30. The summed E-state index contributed by atoms with van der Waals surface area (Å²) in [5.74, 6) is 0. The Kier molecular flexibility index (Phi) is 3.99. The fourth-order valence-electron chi connectivity index (χ4n) is 2.59. The van der Waals surface area contributed by atoms with Gasteiger partial charge in [-0.25, -0.2) is 0 Å². The van der Waals surface area contributed by atoms with Crippen molar-refractivity contribution in [2.45, 2.75) is 33.1 Å². The fraction of sp³-hybridized carbons (Fsp3) is 0.571. The molecule has 0 amide bonds. The summed E-state index contributed by atoms with van der Waals surface area (Å²) < 4.78 is 0. The second kappa shape index (κ2) is 5.37. The first-order valence-electron chi connectivity index (χ1n) is 6.65. The predicted molar refractivity (Wildman–Crippen MR) is 78.0 cm³/mol. The van der Waals surface area contributed by atoms with E-state index in [1.165, 1.54) is 6.07 Å². The first-order chi connectivity index (χ1) is 8.97. The number of para-hydroxylation sites is 1. The van der Waals surface area contributed by atoms with Crippen molar-refractivity contribution >= 4 is 23.0 Å². The maximum atomic E-state index is 11.1. The maximum Gasteiger partial charge on any atom is 0.294 e. The molecule has 0 aromatic heterocycles. The molecule has 0 saturated carbocycles. The number of hydrogen-bond donors (Lipinski definition) is 0. The molecule has 0 N–H and O–H groups in total. The molecular weight excluding hydrogens is 264 g/mol. The first kappa shape index (κ1) is 14.1. The van der Waals surface area contributed by atoms with Gasteiger partial charge in [0.25, 0.3) is 5.69 Å². The van der Waals surface area contributed by atoms with Gasteiger partial charge in [-0.3, -0.25) is 10.1 Å². The number of halogens is 1. The van der Waals surface area contributed by atoms with Gasteiger partial charge in [0.05, 0.1) is 9.95 Å². The van der Waals surface area contributed by atoms with Crippen LogP contribution in [-0.2, 0) is 0 Å². The highest BCUT2D eigenvalue weighted by molar-refractivity contribution is 6.33. The second-order valence-corrected chi connectivity index (χ2v) is 5.92. The number of piperidine rings is 1. The summed E-state index contributed by atoms with van der Waals surface area (Å²) in [6.07, 6.45) is 3.24. The summed E-state index contributed by atoms with van der Waals surface area (Å²) in [5.41, 5.74) is 1.03. The average Bonchev–Trinajstić information content (AvgIpc) is 2.40. The summed E-state index contributed by atoms with van der Waals surface area (Å²) >= 11 is 6.17. The number of rotatable bonds is 3. The third-order valence-corrected chi connectivity index (χ3v) is 4.61. The minimum absolute atomic E-state index is 0.104. The van der Waals surface area contributed by atoms with Gasteiger partial charge in [0.1, 0.15) is 5.69 Å². The van der Waals surface area contributed by atoms with Crippen LogP contribution < -0.4 is 4.90 Å². The van der Waals surface area contributed by atoms with E-state index in [2.05, 4.69) is 18.7 Å². The van der Waals surface area contributed by atoms with E-state index in [0.29, 0.717) is 16.1 Å². The van der Waals surface area contributed by atoms with Crippen molar-refractivity contribution in [3.8, 4) is 0 Å². The van der Waals surface area contributed by atoms with Gasteiger partial charge in [0.2, 0.25) is 0 Å². The fourth-order valence-corrected chi connectivity index (χ4v) is 2.88. The SMILES string of the molecule is CCC1(C)CCN(c2c(Cl)cccc2[N+](=O)[O-])CC1. The quantitative estimate of drug-likeness (QED) is 0.614. The van der Waals surface area contributed by atoms with Crippen molar-refractivity contribution in [1.82, 2.24) is 0 Å². The molecule has 0 bridgehead atoms. The van der Waals surface area contributed by atoms with Crippen molar-refractivity contribution in [3.63, 3.8) is 0 Å². The molecule has 0 unspecified atom stereocenters. The molecule has 0 atom stereocenters. The smallest absolute Gasteiger partial charge is 0.294 e. The molecule has 1 aliphatic rings. The number of benzene rings is 1. The van der Waals surface area contributed by atoms with Crippen LogP contribution in [0.4, 0.5) is 11.4 Å². The van der Waals surface area contributed by atoms with Crippen LogP contribution >= 0.6 is 11.6 Å². The molecule has 19 heavy (non-hydrogen) atoms. The molecule has 1 fully saturated rings. The largest absolute Gasteiger partial charge is 0.365 e. The monoisotopic (exact) mass is 282 g/mol. The van der Waals surface area contributed by atoms with E-state index in [1.54, 1.807) is 12.1 Å². The van der Waals surface area contributed by atoms with Crippen molar-refractivity contribution in [1.29, 1.82) is 0 Å². The van der Waals surface area contributed by atoms with Crippen molar-refractivity contribution in [2.24, 2.45) is 5.41 Å². The van der Waals surface area contributed by atoms with Crippen molar-refractivity contribution < 1.29 is 4.92 Å². The van der Waals surface area contributed by atoms with Crippen molar-refractivity contribution in [2.75, 3.05) is 18.0 Å². The minimum atomic E-state index is -0.352. The summed E-state index contributed by atoms with van der Waals surface area (Å²) in [5, 5.41) is 11.6. The molecule has 1 aliphatic heterocycles. The number of nitro benzene ring substituents is 1. The zero-order chi connectivity index (χ0) is 14.0. The van der Waals surface area contributed by atoms with Crippen LogP contribution in [0.3, 0.4) is 0 Å². The van der Waals surface area contributed by atoms with Crippen molar-refractivity contribution in [3.05, 3.63) is 33.3 Å². The zero-order valence-electron chi connectivity index (χ0n) is 11.4. The van der Waals surface area contributed by atoms with Gasteiger partial charge >= 0.3 is 0 Å². The van der Waals surface area contributed by atoms with E-state index in [-0.39, 0.29) is 10.6 Å². The lowest BCUT2D eigenvalue weighted by Gasteiger charge is -2.40. The highest BCUT2D eigenvalue weighted by Crippen LogP contribution is 2.41. The Morgan fingerprint density at radius 2 is 2.05 bits per heavy atom. The van der Waals surface area contributed by atoms with Gasteiger partial charge in [-0.05, 0) is 24.3 Å². The van der Waals surface area contributed by atoms with E-state index in [9.17, 15) is 10.1 Å². The van der Waals surface area contributed by atoms with Crippen LogP contribution in [0.25, 0.3) is 0 Å². The van der Waals surface area contributed by atoms with Gasteiger partial charge in [-0.2, -0.15) is 0 Å². The molecule has 1 aromatic carbocycles. The number of nitrogens with zero attached hydrogens (tertiary/aromatic N) is 2. The van der Waals surface area contributed by atoms with Crippen LogP contribution in [0.5, 0.6) is 0 Å². The van der Waals surface area contributed by atoms with Gasteiger partial charge in [0.15, 0.2) is 0 Å². The standard InChI is InChI=1S/C14H19ClN2O2/c1-3-14(2)7-9-16(10-8-14)13-11(15)5-4-6-12(13)17(18)19/h4-6H,3,7-10H2,1-2H3. The molecule has 1 saturated heterocycles. The summed E-state index contributed by atoms with van der Waals surface area (Å²) in [7, 11) is 0. The molecule has 4 nitrogen and oxygen atoms in total. The molecule has 0 spiro atoms. The Morgan fingerprint density at radius 3 is 2.58 bits per heavy atom. The summed E-state index contributed by atoms with van der Waals surface area (Å²) in [4.78, 5) is 12.8. The first-order valence-corrected chi connectivity index (χ1v) is 7.02. The van der Waals surface area contributed by atoms with E-state index in [0.717, 1.165) is 32.4 Å². The zero-order valence-corrected chi connectivity index (χ0v) is 12.1. The minimum Gasteiger partial charge on any atom is -0.365 e. The predicted octanol–water partition coefficient (Wildman–Crippen LogP) is 4.26. The Balaban J connectivity index is 2.27. The van der Waals surface area contributed by atoms with Crippen LogP contribution in [0.2, 0.25) is 5.02 Å². The van der Waals surface area contributed by atoms with Crippen LogP contribution in [0, 0.1) is 15.5 Å². The molecule has 0 radical (unpaired) electrons. The van der Waals surface area contributed by atoms with Crippen LogP contribution in [0.1, 0.15) is 33.1 Å². The normalized spacial score (nSPS) is 18.4. The topological polar surface area (TPSA) is 46.4 Å². The van der Waals surface area contributed by atoms with E-state index in [1.807, 2.05) is 0 Å². The van der Waals surface area contributed by atoms with Gasteiger partial charge in [0, 0.05) is 19.2 Å². The molecule has 1 heterocycles. The van der Waals surface area contributed by atoms with Gasteiger partial charge in [-0.1, -0.05) is 37.9 Å².